The molecule has 0 aromatic heterocycles. The van der Waals surface area contributed by atoms with Crippen molar-refractivity contribution in [3.63, 3.8) is 0 Å². The Morgan fingerprint density at radius 1 is 1.30 bits per heavy atom. The molecule has 2 atom stereocenters. The van der Waals surface area contributed by atoms with E-state index in [1.165, 1.54) is 12.5 Å². The summed E-state index contributed by atoms with van der Waals surface area (Å²) in [5.41, 5.74) is 1.24. The van der Waals surface area contributed by atoms with Gasteiger partial charge in [0.2, 0.25) is 0 Å². The Labute approximate surface area is 151 Å². The molecule has 1 unspecified atom stereocenters. The summed E-state index contributed by atoms with van der Waals surface area (Å²) in [4.78, 5) is 13.7. The number of hydrogen-bond acceptors (Lipinski definition) is 4. The molecule has 1 saturated heterocycles. The van der Waals surface area contributed by atoms with Gasteiger partial charge in [-0.3, -0.25) is 9.69 Å². The summed E-state index contributed by atoms with van der Waals surface area (Å²) in [5, 5.41) is 3.40. The van der Waals surface area contributed by atoms with Crippen LogP contribution in [0.15, 0.2) is 24.3 Å². The number of rotatable bonds is 5. The molecule has 1 aromatic rings. The number of nitrogens with one attached hydrogen (secondary N) is 1. The summed E-state index contributed by atoms with van der Waals surface area (Å²) in [5.74, 6) is 0.938. The molecular formula is C17H28Cl2N2O2. The molecule has 4 nitrogen and oxygen atoms in total. The third kappa shape index (κ3) is 6.30. The number of esters is 1. The van der Waals surface area contributed by atoms with Crippen LogP contribution in [0.5, 0.6) is 5.75 Å². The highest BCUT2D eigenvalue weighted by Gasteiger charge is 2.26. The highest BCUT2D eigenvalue weighted by molar-refractivity contribution is 5.85. The maximum atomic E-state index is 11.1. The molecule has 1 fully saturated rings. The van der Waals surface area contributed by atoms with Crippen molar-refractivity contribution in [2.45, 2.75) is 33.2 Å². The van der Waals surface area contributed by atoms with Gasteiger partial charge in [-0.15, -0.1) is 24.8 Å². The van der Waals surface area contributed by atoms with Crippen molar-refractivity contribution >= 4 is 30.8 Å². The summed E-state index contributed by atoms with van der Waals surface area (Å²) in [6, 6.07) is 8.36. The van der Waals surface area contributed by atoms with E-state index in [1.807, 2.05) is 18.2 Å². The molecule has 2 rings (SSSR count). The maximum absolute atomic E-state index is 11.1. The lowest BCUT2D eigenvalue weighted by molar-refractivity contribution is -0.131. The number of piperazine rings is 1. The molecule has 1 aliphatic heterocycles. The van der Waals surface area contributed by atoms with Crippen LogP contribution in [0.1, 0.15) is 38.8 Å². The largest absolute Gasteiger partial charge is 0.427 e. The van der Waals surface area contributed by atoms with Gasteiger partial charge in [-0.25, -0.2) is 0 Å². The van der Waals surface area contributed by atoms with E-state index in [1.54, 1.807) is 0 Å². The Bertz CT molecular complexity index is 479. The van der Waals surface area contributed by atoms with E-state index >= 15 is 0 Å². The van der Waals surface area contributed by atoms with Crippen molar-refractivity contribution in [2.24, 2.45) is 5.92 Å². The number of carbonyl (C=O) groups excluding carboxylic acids is 1. The summed E-state index contributed by atoms with van der Waals surface area (Å²) < 4.78 is 5.24. The van der Waals surface area contributed by atoms with Crippen LogP contribution in [0.3, 0.4) is 0 Å². The number of nitrogens with zero attached hydrogens (tertiary/aromatic N) is 1. The van der Waals surface area contributed by atoms with Gasteiger partial charge in [0.05, 0.1) is 0 Å². The summed E-state index contributed by atoms with van der Waals surface area (Å²) in [6.07, 6.45) is 1.13. The number of halogens is 2. The van der Waals surface area contributed by atoms with Gasteiger partial charge in [-0.05, 0) is 23.6 Å². The van der Waals surface area contributed by atoms with E-state index in [0.717, 1.165) is 32.6 Å². The Balaban J connectivity index is 0.00000242. The van der Waals surface area contributed by atoms with E-state index in [0.29, 0.717) is 17.7 Å². The number of ether oxygens (including phenoxy) is 1. The van der Waals surface area contributed by atoms with E-state index in [4.69, 9.17) is 4.74 Å². The molecule has 1 aromatic carbocycles. The van der Waals surface area contributed by atoms with Crippen molar-refractivity contribution in [3.8, 4) is 5.75 Å². The second-order valence-corrected chi connectivity index (χ2v) is 5.78. The number of hydrogen-bond donors (Lipinski definition) is 1. The third-order valence-corrected chi connectivity index (χ3v) is 4.19. The van der Waals surface area contributed by atoms with Gasteiger partial charge in [0.1, 0.15) is 5.75 Å². The monoisotopic (exact) mass is 362 g/mol. The normalized spacial score (nSPS) is 17.3. The first-order valence-electron chi connectivity index (χ1n) is 7.85. The molecule has 23 heavy (non-hydrogen) atoms. The molecule has 0 radical (unpaired) electrons. The van der Waals surface area contributed by atoms with Crippen LogP contribution in [0, 0.1) is 5.92 Å². The van der Waals surface area contributed by atoms with Gasteiger partial charge < -0.3 is 10.1 Å². The zero-order valence-electron chi connectivity index (χ0n) is 14.1. The lowest BCUT2D eigenvalue weighted by atomic mass is 9.90. The third-order valence-electron chi connectivity index (χ3n) is 4.19. The van der Waals surface area contributed by atoms with Crippen molar-refractivity contribution in [2.75, 3.05) is 26.2 Å². The van der Waals surface area contributed by atoms with Gasteiger partial charge in [0, 0.05) is 39.1 Å². The minimum Gasteiger partial charge on any atom is -0.427 e. The first-order valence-corrected chi connectivity index (χ1v) is 7.85. The molecule has 1 N–H and O–H groups in total. The highest BCUT2D eigenvalue weighted by atomic mass is 35.5. The average molecular weight is 363 g/mol. The topological polar surface area (TPSA) is 41.6 Å². The van der Waals surface area contributed by atoms with Crippen molar-refractivity contribution in [1.82, 2.24) is 10.2 Å². The van der Waals surface area contributed by atoms with E-state index in [-0.39, 0.29) is 30.8 Å². The van der Waals surface area contributed by atoms with E-state index in [2.05, 4.69) is 30.1 Å². The molecule has 0 spiro atoms. The second kappa shape index (κ2) is 10.9. The van der Waals surface area contributed by atoms with E-state index in [9.17, 15) is 4.79 Å². The van der Waals surface area contributed by atoms with Crippen LogP contribution >= 0.6 is 24.8 Å². The molecule has 1 aliphatic rings. The zero-order valence-corrected chi connectivity index (χ0v) is 15.7. The minimum absolute atomic E-state index is 0. The fourth-order valence-electron chi connectivity index (χ4n) is 3.01. The van der Waals surface area contributed by atoms with Gasteiger partial charge in [0.15, 0.2) is 0 Å². The fraction of sp³-hybridized carbons (Fsp3) is 0.588. The van der Waals surface area contributed by atoms with Crippen LogP contribution in [0.4, 0.5) is 0 Å². The standard InChI is InChI=1S/C17H26N2O2.2ClH/c1-4-13(2)17(19-10-8-18-9-11-19)15-6-5-7-16(12-15)21-14(3)20;;/h5-7,12-13,17-18H,4,8-11H2,1-3H3;2*1H/t13?,17-;;/m1../s1. The fourth-order valence-corrected chi connectivity index (χ4v) is 3.01. The van der Waals surface area contributed by atoms with Crippen molar-refractivity contribution in [1.29, 1.82) is 0 Å². The first-order chi connectivity index (χ1) is 10.1. The summed E-state index contributed by atoms with van der Waals surface area (Å²) >= 11 is 0. The molecule has 0 amide bonds. The molecule has 0 saturated carbocycles. The molecule has 6 heteroatoms. The molecule has 132 valence electrons. The second-order valence-electron chi connectivity index (χ2n) is 5.78. The molecular weight excluding hydrogens is 335 g/mol. The number of benzene rings is 1. The molecule has 0 aliphatic carbocycles. The quantitative estimate of drug-likeness (QED) is 0.643. The van der Waals surface area contributed by atoms with Crippen LogP contribution < -0.4 is 10.1 Å². The Hall–Kier alpha value is -0.810. The summed E-state index contributed by atoms with van der Waals surface area (Å²) in [7, 11) is 0. The van der Waals surface area contributed by atoms with Crippen LogP contribution in [0.2, 0.25) is 0 Å². The maximum Gasteiger partial charge on any atom is 0.308 e. The van der Waals surface area contributed by atoms with Gasteiger partial charge in [-0.2, -0.15) is 0 Å². The minimum atomic E-state index is -0.269. The predicted octanol–water partition coefficient (Wildman–Crippen LogP) is 3.45. The molecule has 1 heterocycles. The lowest BCUT2D eigenvalue weighted by Crippen LogP contribution is -2.46. The zero-order chi connectivity index (χ0) is 15.2. The average Bonchev–Trinajstić information content (AvgIpc) is 2.48. The SMILES string of the molecule is CCC(C)[C@H](c1cccc(OC(C)=O)c1)N1CCNCC1.Cl.Cl. The van der Waals surface area contributed by atoms with Gasteiger partial charge in [-0.1, -0.05) is 32.4 Å². The predicted molar refractivity (Wildman–Crippen MR) is 98.9 cm³/mol. The Morgan fingerprint density at radius 2 is 1.96 bits per heavy atom. The Kier molecular flexibility index (Phi) is 10.5. The highest BCUT2D eigenvalue weighted by Crippen LogP contribution is 2.32. The van der Waals surface area contributed by atoms with Gasteiger partial charge >= 0.3 is 5.97 Å². The van der Waals surface area contributed by atoms with Crippen LogP contribution in [0.25, 0.3) is 0 Å². The van der Waals surface area contributed by atoms with Crippen molar-refractivity contribution < 1.29 is 9.53 Å². The molecule has 0 bridgehead atoms. The summed E-state index contributed by atoms with van der Waals surface area (Å²) in [6.45, 7) is 10.2. The van der Waals surface area contributed by atoms with E-state index < -0.39 is 0 Å². The number of carbonyl (C=O) groups is 1. The lowest BCUT2D eigenvalue weighted by Gasteiger charge is -2.38. The van der Waals surface area contributed by atoms with Crippen molar-refractivity contribution in [3.05, 3.63) is 29.8 Å². The smallest absolute Gasteiger partial charge is 0.308 e. The first kappa shape index (κ1) is 22.2. The van der Waals surface area contributed by atoms with Gasteiger partial charge in [0.25, 0.3) is 0 Å². The van der Waals surface area contributed by atoms with Crippen LogP contribution in [-0.2, 0) is 4.79 Å². The Morgan fingerprint density at radius 3 is 2.52 bits per heavy atom. The van der Waals surface area contributed by atoms with Crippen LogP contribution in [-0.4, -0.2) is 37.0 Å².